The van der Waals surface area contributed by atoms with Crippen LogP contribution in [0.2, 0.25) is 0 Å². The SMILES string of the molecule is COC(=O)C[C@@H](NC(=O)CCc1nc2ccccc2s1)c1ccccc1. The lowest BCUT2D eigenvalue weighted by Gasteiger charge is -2.18. The number of methoxy groups -OCH3 is 1. The van der Waals surface area contributed by atoms with Crippen LogP contribution in [0.4, 0.5) is 0 Å². The summed E-state index contributed by atoms with van der Waals surface area (Å²) < 4.78 is 5.87. The molecule has 5 nitrogen and oxygen atoms in total. The Morgan fingerprint density at radius 2 is 1.85 bits per heavy atom. The van der Waals surface area contributed by atoms with Crippen LogP contribution >= 0.6 is 11.3 Å². The number of amides is 1. The number of rotatable bonds is 7. The van der Waals surface area contributed by atoms with Crippen molar-refractivity contribution >= 4 is 33.4 Å². The van der Waals surface area contributed by atoms with Gasteiger partial charge in [-0.15, -0.1) is 11.3 Å². The largest absolute Gasteiger partial charge is 0.469 e. The average molecular weight is 368 g/mol. The summed E-state index contributed by atoms with van der Waals surface area (Å²) in [5.74, 6) is -0.465. The Morgan fingerprint density at radius 1 is 1.12 bits per heavy atom. The Labute approximate surface area is 156 Å². The maximum absolute atomic E-state index is 12.4. The average Bonchev–Trinajstić information content (AvgIpc) is 3.09. The van der Waals surface area contributed by atoms with Crippen LogP contribution in [-0.4, -0.2) is 24.0 Å². The maximum atomic E-state index is 12.4. The van der Waals surface area contributed by atoms with Gasteiger partial charge in [0.2, 0.25) is 5.91 Å². The van der Waals surface area contributed by atoms with E-state index in [0.717, 1.165) is 20.8 Å². The molecule has 0 bridgehead atoms. The van der Waals surface area contributed by atoms with Gasteiger partial charge in [0.05, 0.1) is 34.8 Å². The van der Waals surface area contributed by atoms with Crippen molar-refractivity contribution in [1.82, 2.24) is 10.3 Å². The second-order valence-corrected chi connectivity index (χ2v) is 7.00. The van der Waals surface area contributed by atoms with Gasteiger partial charge in [-0.1, -0.05) is 42.5 Å². The molecule has 6 heteroatoms. The molecule has 0 saturated carbocycles. The molecule has 1 N–H and O–H groups in total. The number of hydrogen-bond acceptors (Lipinski definition) is 5. The first-order valence-electron chi connectivity index (χ1n) is 8.41. The predicted octanol–water partition coefficient (Wildman–Crippen LogP) is 3.65. The smallest absolute Gasteiger partial charge is 0.307 e. The predicted molar refractivity (Wildman–Crippen MR) is 102 cm³/mol. The number of ether oxygens (including phenoxy) is 1. The van der Waals surface area contributed by atoms with Crippen LogP contribution in [0.25, 0.3) is 10.2 Å². The molecular formula is C20H20N2O3S. The second-order valence-electron chi connectivity index (χ2n) is 5.89. The van der Waals surface area contributed by atoms with Gasteiger partial charge in [-0.05, 0) is 17.7 Å². The second kappa shape index (κ2) is 8.58. The summed E-state index contributed by atoms with van der Waals surface area (Å²) in [4.78, 5) is 28.6. The third kappa shape index (κ3) is 4.67. The topological polar surface area (TPSA) is 68.3 Å². The lowest BCUT2D eigenvalue weighted by Crippen LogP contribution is -2.30. The zero-order valence-corrected chi connectivity index (χ0v) is 15.3. The summed E-state index contributed by atoms with van der Waals surface area (Å²) in [6, 6.07) is 17.0. The lowest BCUT2D eigenvalue weighted by atomic mass is 10.0. The summed E-state index contributed by atoms with van der Waals surface area (Å²) in [6.45, 7) is 0. The number of para-hydroxylation sites is 1. The zero-order valence-electron chi connectivity index (χ0n) is 14.5. The first-order chi connectivity index (χ1) is 12.7. The van der Waals surface area contributed by atoms with Crippen LogP contribution in [0.1, 0.15) is 29.5 Å². The van der Waals surface area contributed by atoms with E-state index in [1.54, 1.807) is 11.3 Å². The van der Waals surface area contributed by atoms with Gasteiger partial charge in [0.15, 0.2) is 0 Å². The van der Waals surface area contributed by atoms with E-state index < -0.39 is 6.04 Å². The van der Waals surface area contributed by atoms with Crippen LogP contribution in [0.15, 0.2) is 54.6 Å². The monoisotopic (exact) mass is 368 g/mol. The summed E-state index contributed by atoms with van der Waals surface area (Å²) in [6.07, 6.45) is 1.00. The van der Waals surface area contributed by atoms with E-state index in [-0.39, 0.29) is 18.3 Å². The van der Waals surface area contributed by atoms with Gasteiger partial charge in [-0.25, -0.2) is 4.98 Å². The van der Waals surface area contributed by atoms with Crippen molar-refractivity contribution in [3.63, 3.8) is 0 Å². The van der Waals surface area contributed by atoms with E-state index >= 15 is 0 Å². The third-order valence-electron chi connectivity index (χ3n) is 4.04. The number of carbonyl (C=O) groups is 2. The molecule has 0 aliphatic rings. The van der Waals surface area contributed by atoms with Gasteiger partial charge < -0.3 is 10.1 Å². The number of aryl methyl sites for hydroxylation is 1. The summed E-state index contributed by atoms with van der Waals surface area (Å²) >= 11 is 1.60. The van der Waals surface area contributed by atoms with E-state index in [1.807, 2.05) is 54.6 Å². The minimum atomic E-state index is -0.397. The molecule has 0 saturated heterocycles. The first kappa shape index (κ1) is 18.1. The number of thiazole rings is 1. The molecule has 1 aromatic heterocycles. The summed E-state index contributed by atoms with van der Waals surface area (Å²) in [7, 11) is 1.35. The van der Waals surface area contributed by atoms with Crippen molar-refractivity contribution in [3.8, 4) is 0 Å². The van der Waals surface area contributed by atoms with Crippen molar-refractivity contribution in [2.24, 2.45) is 0 Å². The normalized spacial score (nSPS) is 11.9. The number of aromatic nitrogens is 1. The minimum absolute atomic E-state index is 0.105. The molecule has 2 aromatic carbocycles. The van der Waals surface area contributed by atoms with Crippen molar-refractivity contribution in [1.29, 1.82) is 0 Å². The van der Waals surface area contributed by atoms with Crippen molar-refractivity contribution in [3.05, 3.63) is 65.2 Å². The highest BCUT2D eigenvalue weighted by molar-refractivity contribution is 7.18. The highest BCUT2D eigenvalue weighted by Crippen LogP contribution is 2.23. The molecule has 0 fully saturated rings. The van der Waals surface area contributed by atoms with Crippen molar-refractivity contribution < 1.29 is 14.3 Å². The molecule has 1 atom stereocenters. The fraction of sp³-hybridized carbons (Fsp3) is 0.250. The molecule has 1 amide bonds. The van der Waals surface area contributed by atoms with Crippen molar-refractivity contribution in [2.45, 2.75) is 25.3 Å². The third-order valence-corrected chi connectivity index (χ3v) is 5.14. The standard InChI is InChI=1S/C20H20N2O3S/c1-25-20(24)13-16(14-7-3-2-4-8-14)21-18(23)11-12-19-22-15-9-5-6-10-17(15)26-19/h2-10,16H,11-13H2,1H3,(H,21,23)/t16-/m1/s1. The van der Waals surface area contributed by atoms with E-state index in [2.05, 4.69) is 10.3 Å². The number of nitrogens with zero attached hydrogens (tertiary/aromatic N) is 1. The molecule has 3 rings (SSSR count). The fourth-order valence-electron chi connectivity index (χ4n) is 2.70. The van der Waals surface area contributed by atoms with E-state index in [1.165, 1.54) is 7.11 Å². The fourth-order valence-corrected chi connectivity index (χ4v) is 3.67. The molecule has 3 aromatic rings. The van der Waals surface area contributed by atoms with Crippen molar-refractivity contribution in [2.75, 3.05) is 7.11 Å². The minimum Gasteiger partial charge on any atom is -0.469 e. The number of hydrogen-bond donors (Lipinski definition) is 1. The highest BCUT2D eigenvalue weighted by Gasteiger charge is 2.19. The molecule has 0 spiro atoms. The Kier molecular flexibility index (Phi) is 5.96. The van der Waals surface area contributed by atoms with Crippen LogP contribution in [0.3, 0.4) is 0 Å². The van der Waals surface area contributed by atoms with E-state index in [9.17, 15) is 9.59 Å². The molecule has 0 radical (unpaired) electrons. The van der Waals surface area contributed by atoms with E-state index in [0.29, 0.717) is 12.8 Å². The number of esters is 1. The Morgan fingerprint density at radius 3 is 2.58 bits per heavy atom. The van der Waals surface area contributed by atoms with E-state index in [4.69, 9.17) is 4.74 Å². The molecule has 0 aliphatic heterocycles. The van der Waals surface area contributed by atoms with Gasteiger partial charge in [0.25, 0.3) is 0 Å². The van der Waals surface area contributed by atoms with Crippen LogP contribution in [0.5, 0.6) is 0 Å². The van der Waals surface area contributed by atoms with Gasteiger partial charge in [-0.2, -0.15) is 0 Å². The number of nitrogens with one attached hydrogen (secondary N) is 1. The summed E-state index contributed by atoms with van der Waals surface area (Å²) in [5, 5.41) is 3.88. The van der Waals surface area contributed by atoms with Gasteiger partial charge in [0, 0.05) is 12.8 Å². The van der Waals surface area contributed by atoms with Gasteiger partial charge >= 0.3 is 5.97 Å². The molecular weight excluding hydrogens is 348 g/mol. The Balaban J connectivity index is 1.62. The Hall–Kier alpha value is -2.73. The zero-order chi connectivity index (χ0) is 18.4. The number of benzene rings is 2. The Bertz CT molecular complexity index is 859. The van der Waals surface area contributed by atoms with Gasteiger partial charge in [-0.3, -0.25) is 9.59 Å². The van der Waals surface area contributed by atoms with Gasteiger partial charge in [0.1, 0.15) is 0 Å². The number of fused-ring (bicyclic) bond motifs is 1. The highest BCUT2D eigenvalue weighted by atomic mass is 32.1. The first-order valence-corrected chi connectivity index (χ1v) is 9.23. The lowest BCUT2D eigenvalue weighted by molar-refractivity contribution is -0.141. The molecule has 1 heterocycles. The quantitative estimate of drug-likeness (QED) is 0.647. The van der Waals surface area contributed by atoms with Crippen LogP contribution in [-0.2, 0) is 20.7 Å². The number of carbonyl (C=O) groups excluding carboxylic acids is 2. The summed E-state index contributed by atoms with van der Waals surface area (Å²) in [5.41, 5.74) is 1.84. The molecule has 134 valence electrons. The molecule has 26 heavy (non-hydrogen) atoms. The molecule has 0 unspecified atom stereocenters. The maximum Gasteiger partial charge on any atom is 0.307 e. The molecule has 0 aliphatic carbocycles. The van der Waals surface area contributed by atoms with Crippen LogP contribution < -0.4 is 5.32 Å². The van der Waals surface area contributed by atoms with Crippen LogP contribution in [0, 0.1) is 0 Å².